The van der Waals surface area contributed by atoms with Crippen molar-refractivity contribution in [2.45, 2.75) is 18.8 Å². The van der Waals surface area contributed by atoms with E-state index in [9.17, 15) is 4.79 Å². The number of amides is 1. The third kappa shape index (κ3) is 4.19. The second-order valence-corrected chi connectivity index (χ2v) is 8.28. The molecule has 1 aliphatic rings. The van der Waals surface area contributed by atoms with Gasteiger partial charge in [-0.1, -0.05) is 11.3 Å². The molecular weight excluding hydrogens is 404 g/mol. The van der Waals surface area contributed by atoms with Crippen LogP contribution < -0.4 is 5.32 Å². The predicted octanol–water partition coefficient (Wildman–Crippen LogP) is 2.88. The van der Waals surface area contributed by atoms with E-state index in [1.54, 1.807) is 16.9 Å². The fourth-order valence-electron chi connectivity index (χ4n) is 4.05. The summed E-state index contributed by atoms with van der Waals surface area (Å²) in [6.45, 7) is 2.10. The summed E-state index contributed by atoms with van der Waals surface area (Å²) < 4.78 is 1.66. The molecule has 1 aliphatic heterocycles. The van der Waals surface area contributed by atoms with E-state index in [-0.39, 0.29) is 5.91 Å². The first-order valence-electron chi connectivity index (χ1n) is 10.7. The number of nitrogens with zero attached hydrogens (tertiary/aromatic N) is 7. The number of carbonyl (C=O) groups is 1. The van der Waals surface area contributed by atoms with Gasteiger partial charge in [-0.2, -0.15) is 0 Å². The van der Waals surface area contributed by atoms with E-state index in [1.807, 2.05) is 43.6 Å². The van der Waals surface area contributed by atoms with Crippen LogP contribution in [0.15, 0.2) is 48.8 Å². The van der Waals surface area contributed by atoms with Crippen LogP contribution in [0.1, 0.15) is 34.8 Å². The van der Waals surface area contributed by atoms with Gasteiger partial charge in [-0.05, 0) is 63.3 Å². The lowest BCUT2D eigenvalue weighted by Crippen LogP contribution is -2.29. The highest BCUT2D eigenvalue weighted by atomic mass is 16.1. The zero-order chi connectivity index (χ0) is 22.1. The fraction of sp³-hybridized carbons (Fsp3) is 0.304. The average molecular weight is 429 g/mol. The number of nitrogens with one attached hydrogen (secondary N) is 1. The number of rotatable bonds is 4. The zero-order valence-corrected chi connectivity index (χ0v) is 18.1. The summed E-state index contributed by atoms with van der Waals surface area (Å²) in [4.78, 5) is 19.7. The third-order valence-corrected chi connectivity index (χ3v) is 5.91. The molecule has 0 saturated carbocycles. The van der Waals surface area contributed by atoms with Gasteiger partial charge in [0.25, 0.3) is 5.91 Å². The molecule has 0 radical (unpaired) electrons. The molecule has 1 aromatic carbocycles. The molecule has 3 aromatic heterocycles. The normalized spacial score (nSPS) is 15.2. The Morgan fingerprint density at radius 3 is 2.66 bits per heavy atom. The van der Waals surface area contributed by atoms with Crippen molar-refractivity contribution in [1.82, 2.24) is 35.1 Å². The average Bonchev–Trinajstić information content (AvgIpc) is 3.25. The van der Waals surface area contributed by atoms with Crippen molar-refractivity contribution in [2.75, 3.05) is 25.5 Å². The lowest BCUT2D eigenvalue weighted by atomic mass is 9.92. The molecule has 0 bridgehead atoms. The minimum atomic E-state index is -0.222. The zero-order valence-electron chi connectivity index (χ0n) is 18.1. The molecule has 5 rings (SSSR count). The number of piperidine rings is 1. The molecule has 32 heavy (non-hydrogen) atoms. The highest BCUT2D eigenvalue weighted by Gasteiger charge is 2.20. The van der Waals surface area contributed by atoms with E-state index in [0.29, 0.717) is 17.3 Å². The van der Waals surface area contributed by atoms with Crippen molar-refractivity contribution < 1.29 is 4.79 Å². The van der Waals surface area contributed by atoms with Gasteiger partial charge in [-0.15, -0.1) is 15.3 Å². The Balaban J connectivity index is 1.36. The monoisotopic (exact) mass is 428 g/mol. The highest BCUT2D eigenvalue weighted by molar-refractivity contribution is 6.04. The number of hydrogen-bond acceptors (Lipinski definition) is 7. The van der Waals surface area contributed by atoms with Crippen LogP contribution in [0.5, 0.6) is 0 Å². The van der Waals surface area contributed by atoms with Gasteiger partial charge in [0.2, 0.25) is 0 Å². The standard InChI is InChI=1S/C23H24N8O/c1-30-9-6-15(7-10-30)20-12-17(5-8-24-20)23(32)25-22-13-18-11-16(3-4-19(18)26-28-22)21-14-31(2)29-27-21/h3-5,8,11-15H,6-7,9-10H2,1-2H3,(H,25,28,32). The Kier molecular flexibility index (Phi) is 5.32. The van der Waals surface area contributed by atoms with Gasteiger partial charge < -0.3 is 10.2 Å². The number of hydrogen-bond donors (Lipinski definition) is 1. The molecule has 4 heterocycles. The van der Waals surface area contributed by atoms with Gasteiger partial charge >= 0.3 is 0 Å². The van der Waals surface area contributed by atoms with Crippen molar-refractivity contribution in [3.05, 3.63) is 60.0 Å². The summed E-state index contributed by atoms with van der Waals surface area (Å²) in [5.74, 6) is 0.565. The first-order valence-corrected chi connectivity index (χ1v) is 10.7. The van der Waals surface area contributed by atoms with Crippen LogP contribution in [0.3, 0.4) is 0 Å². The Labute approximate surface area is 185 Å². The number of aromatic nitrogens is 6. The Morgan fingerprint density at radius 2 is 1.88 bits per heavy atom. The summed E-state index contributed by atoms with van der Waals surface area (Å²) in [6.07, 6.45) is 5.67. The Morgan fingerprint density at radius 1 is 1.03 bits per heavy atom. The van der Waals surface area contributed by atoms with Crippen molar-refractivity contribution in [3.8, 4) is 11.3 Å². The summed E-state index contributed by atoms with van der Waals surface area (Å²) in [6, 6.07) is 11.2. The van der Waals surface area contributed by atoms with Crippen LogP contribution in [-0.4, -0.2) is 61.1 Å². The van der Waals surface area contributed by atoms with Gasteiger partial charge in [-0.3, -0.25) is 14.5 Å². The number of anilines is 1. The maximum Gasteiger partial charge on any atom is 0.256 e. The van der Waals surface area contributed by atoms with Crippen molar-refractivity contribution >= 4 is 22.6 Å². The second-order valence-electron chi connectivity index (χ2n) is 8.28. The molecule has 0 spiro atoms. The molecule has 9 nitrogen and oxygen atoms in total. The molecule has 0 atom stereocenters. The first-order chi connectivity index (χ1) is 15.5. The summed E-state index contributed by atoms with van der Waals surface area (Å²) in [5, 5.41) is 20.3. The van der Waals surface area contributed by atoms with E-state index >= 15 is 0 Å². The predicted molar refractivity (Wildman–Crippen MR) is 121 cm³/mol. The van der Waals surface area contributed by atoms with Crippen molar-refractivity contribution in [1.29, 1.82) is 0 Å². The fourth-order valence-corrected chi connectivity index (χ4v) is 4.05. The summed E-state index contributed by atoms with van der Waals surface area (Å²) in [5.41, 5.74) is 3.99. The molecule has 1 amide bonds. The molecule has 4 aromatic rings. The van der Waals surface area contributed by atoms with Crippen LogP contribution >= 0.6 is 0 Å². The molecule has 1 saturated heterocycles. The number of carbonyl (C=O) groups excluding carboxylic acids is 1. The number of fused-ring (bicyclic) bond motifs is 1. The van der Waals surface area contributed by atoms with Gasteiger partial charge in [-0.25, -0.2) is 0 Å². The van der Waals surface area contributed by atoms with Crippen LogP contribution in [0.2, 0.25) is 0 Å². The van der Waals surface area contributed by atoms with Crippen LogP contribution in [0.25, 0.3) is 22.2 Å². The lowest BCUT2D eigenvalue weighted by molar-refractivity contribution is 0.102. The minimum absolute atomic E-state index is 0.222. The van der Waals surface area contributed by atoms with Crippen LogP contribution in [0, 0.1) is 0 Å². The SMILES string of the molecule is CN1CCC(c2cc(C(=O)Nc3cc4cc(-c5cn(C)nn5)ccc4nn3)ccn2)CC1. The number of likely N-dealkylation sites (tertiary alicyclic amines) is 1. The first kappa shape index (κ1) is 20.2. The van der Waals surface area contributed by atoms with E-state index in [4.69, 9.17) is 0 Å². The van der Waals surface area contributed by atoms with E-state index in [2.05, 4.69) is 42.8 Å². The van der Waals surface area contributed by atoms with Crippen molar-refractivity contribution in [3.63, 3.8) is 0 Å². The quantitative estimate of drug-likeness (QED) is 0.533. The molecule has 9 heteroatoms. The molecule has 162 valence electrons. The molecular formula is C23H24N8O. The largest absolute Gasteiger partial charge is 0.306 e. The van der Waals surface area contributed by atoms with Crippen LogP contribution in [0.4, 0.5) is 5.82 Å². The van der Waals surface area contributed by atoms with Gasteiger partial charge in [0.1, 0.15) is 5.69 Å². The number of pyridine rings is 1. The van der Waals surface area contributed by atoms with Crippen molar-refractivity contribution in [2.24, 2.45) is 7.05 Å². The Hall–Kier alpha value is -3.72. The van der Waals surface area contributed by atoms with Gasteiger partial charge in [0.15, 0.2) is 5.82 Å². The van der Waals surface area contributed by atoms with E-state index < -0.39 is 0 Å². The maximum atomic E-state index is 12.9. The topological polar surface area (TPSA) is 102 Å². The van der Waals surface area contributed by atoms with Gasteiger partial charge in [0, 0.05) is 41.4 Å². The number of benzene rings is 1. The molecule has 1 fully saturated rings. The summed E-state index contributed by atoms with van der Waals surface area (Å²) in [7, 11) is 3.96. The smallest absolute Gasteiger partial charge is 0.256 e. The molecule has 0 aliphatic carbocycles. The summed E-state index contributed by atoms with van der Waals surface area (Å²) >= 11 is 0. The van der Waals surface area contributed by atoms with Crippen LogP contribution in [-0.2, 0) is 7.05 Å². The Bertz CT molecular complexity index is 1280. The number of aryl methyl sites for hydroxylation is 1. The van der Waals surface area contributed by atoms with Gasteiger partial charge in [0.05, 0.1) is 11.7 Å². The minimum Gasteiger partial charge on any atom is -0.306 e. The van der Waals surface area contributed by atoms with E-state index in [1.165, 1.54) is 0 Å². The second kappa shape index (κ2) is 8.43. The lowest BCUT2D eigenvalue weighted by Gasteiger charge is -2.28. The molecule has 0 unspecified atom stereocenters. The third-order valence-electron chi connectivity index (χ3n) is 5.91. The molecule has 1 N–H and O–H groups in total. The maximum absolute atomic E-state index is 12.9. The van der Waals surface area contributed by atoms with E-state index in [0.717, 1.165) is 53.8 Å². The highest BCUT2D eigenvalue weighted by Crippen LogP contribution is 2.27.